The van der Waals surface area contributed by atoms with E-state index >= 15 is 0 Å². The van der Waals surface area contributed by atoms with Gasteiger partial charge in [-0.15, -0.1) is 0 Å². The molecule has 1 aliphatic rings. The molecular formula is C20H26Br2N2O. The van der Waals surface area contributed by atoms with Crippen molar-refractivity contribution in [2.24, 2.45) is 5.73 Å². The van der Waals surface area contributed by atoms with Crippen LogP contribution in [0.2, 0.25) is 0 Å². The van der Waals surface area contributed by atoms with Crippen molar-refractivity contribution in [3.63, 3.8) is 0 Å². The maximum atomic E-state index is 5.65. The van der Waals surface area contributed by atoms with Gasteiger partial charge in [-0.25, -0.2) is 0 Å². The second kappa shape index (κ2) is 10.4. The Bertz CT molecular complexity index is 623. The Labute approximate surface area is 167 Å². The molecule has 3 rings (SSSR count). The molecule has 0 aliphatic carbocycles. The highest BCUT2D eigenvalue weighted by Crippen LogP contribution is 2.22. The molecule has 1 saturated heterocycles. The molecule has 1 heterocycles. The molecule has 2 aromatic carbocycles. The third-order valence-corrected chi connectivity index (χ3v) is 5.40. The van der Waals surface area contributed by atoms with Crippen LogP contribution in [0.5, 0.6) is 0 Å². The number of rotatable bonds is 3. The molecule has 2 aromatic rings. The molecule has 0 spiro atoms. The first kappa shape index (κ1) is 20.6. The first-order valence-corrected chi connectivity index (χ1v) is 10.1. The van der Waals surface area contributed by atoms with Crippen LogP contribution in [0.4, 0.5) is 0 Å². The van der Waals surface area contributed by atoms with E-state index in [1.807, 2.05) is 31.2 Å². The van der Waals surface area contributed by atoms with Gasteiger partial charge >= 0.3 is 0 Å². The van der Waals surface area contributed by atoms with Gasteiger partial charge in [-0.3, -0.25) is 4.90 Å². The van der Waals surface area contributed by atoms with Crippen LogP contribution in [0.25, 0.3) is 0 Å². The highest BCUT2D eigenvalue weighted by atomic mass is 79.9. The monoisotopic (exact) mass is 468 g/mol. The number of hydrogen-bond donors (Lipinski definition) is 1. The Hall–Kier alpha value is -0.720. The van der Waals surface area contributed by atoms with Crippen molar-refractivity contribution in [2.45, 2.75) is 25.9 Å². The standard InChI is InChI=1S/C12H16BrNO.C8H10BrN/c1-10(14-6-8-15-9-7-14)11-2-4-12(13)5-3-11;1-6(10)7-2-4-8(9)5-3-7/h2-5,10H,6-9H2,1H3;2-6H,10H2,1H3/t10-;6-/m11/s1. The minimum absolute atomic E-state index is 0.132. The van der Waals surface area contributed by atoms with E-state index in [1.54, 1.807) is 0 Å². The van der Waals surface area contributed by atoms with Crippen molar-refractivity contribution in [2.75, 3.05) is 26.3 Å². The average molecular weight is 470 g/mol. The van der Waals surface area contributed by atoms with E-state index < -0.39 is 0 Å². The summed E-state index contributed by atoms with van der Waals surface area (Å²) in [6, 6.07) is 17.2. The van der Waals surface area contributed by atoms with E-state index in [-0.39, 0.29) is 6.04 Å². The van der Waals surface area contributed by atoms with E-state index in [0.717, 1.165) is 35.2 Å². The Morgan fingerprint density at radius 3 is 1.72 bits per heavy atom. The maximum absolute atomic E-state index is 5.65. The van der Waals surface area contributed by atoms with Crippen LogP contribution in [0.3, 0.4) is 0 Å². The number of nitrogens with two attached hydrogens (primary N) is 1. The fourth-order valence-electron chi connectivity index (χ4n) is 2.68. The highest BCUT2D eigenvalue weighted by Gasteiger charge is 2.17. The first-order chi connectivity index (χ1) is 12.0. The fourth-order valence-corrected chi connectivity index (χ4v) is 3.21. The van der Waals surface area contributed by atoms with Gasteiger partial charge < -0.3 is 10.5 Å². The quantitative estimate of drug-likeness (QED) is 0.661. The molecule has 0 aromatic heterocycles. The summed E-state index contributed by atoms with van der Waals surface area (Å²) in [6.45, 7) is 8.04. The lowest BCUT2D eigenvalue weighted by Crippen LogP contribution is -2.37. The summed E-state index contributed by atoms with van der Waals surface area (Å²) in [5.74, 6) is 0. The normalized spacial score (nSPS) is 17.3. The molecule has 1 fully saturated rings. The number of benzene rings is 2. The van der Waals surface area contributed by atoms with Gasteiger partial charge in [-0.1, -0.05) is 56.1 Å². The molecule has 2 atom stereocenters. The Morgan fingerprint density at radius 2 is 1.28 bits per heavy atom. The number of nitrogens with zero attached hydrogens (tertiary/aromatic N) is 1. The molecule has 0 unspecified atom stereocenters. The average Bonchev–Trinajstić information content (AvgIpc) is 2.63. The molecule has 0 radical (unpaired) electrons. The van der Waals surface area contributed by atoms with Crippen LogP contribution < -0.4 is 5.73 Å². The third kappa shape index (κ3) is 6.83. The number of hydrogen-bond acceptors (Lipinski definition) is 3. The van der Waals surface area contributed by atoms with E-state index in [4.69, 9.17) is 10.5 Å². The summed E-state index contributed by atoms with van der Waals surface area (Å²) >= 11 is 6.81. The molecule has 25 heavy (non-hydrogen) atoms. The zero-order chi connectivity index (χ0) is 18.2. The minimum Gasteiger partial charge on any atom is -0.379 e. The highest BCUT2D eigenvalue weighted by molar-refractivity contribution is 9.10. The van der Waals surface area contributed by atoms with Crippen molar-refractivity contribution >= 4 is 31.9 Å². The van der Waals surface area contributed by atoms with E-state index in [2.05, 4.69) is 67.9 Å². The lowest BCUT2D eigenvalue weighted by Gasteiger charge is -2.32. The maximum Gasteiger partial charge on any atom is 0.0594 e. The van der Waals surface area contributed by atoms with Crippen LogP contribution in [0.1, 0.15) is 37.1 Å². The zero-order valence-corrected chi connectivity index (χ0v) is 18.0. The zero-order valence-electron chi connectivity index (χ0n) is 14.8. The van der Waals surface area contributed by atoms with Gasteiger partial charge in [0, 0.05) is 34.1 Å². The van der Waals surface area contributed by atoms with Crippen molar-refractivity contribution in [3.05, 3.63) is 68.6 Å². The third-order valence-electron chi connectivity index (χ3n) is 4.34. The van der Waals surface area contributed by atoms with Gasteiger partial charge in [-0.05, 0) is 49.2 Å². The van der Waals surface area contributed by atoms with E-state index in [9.17, 15) is 0 Å². The lowest BCUT2D eigenvalue weighted by molar-refractivity contribution is 0.0198. The molecule has 0 saturated carbocycles. The molecule has 2 N–H and O–H groups in total. The van der Waals surface area contributed by atoms with Crippen LogP contribution in [0.15, 0.2) is 57.5 Å². The number of morpholine rings is 1. The first-order valence-electron chi connectivity index (χ1n) is 8.55. The summed E-state index contributed by atoms with van der Waals surface area (Å²) in [5.41, 5.74) is 8.19. The minimum atomic E-state index is 0.132. The van der Waals surface area contributed by atoms with Gasteiger partial charge in [-0.2, -0.15) is 0 Å². The summed E-state index contributed by atoms with van der Waals surface area (Å²) in [7, 11) is 0. The van der Waals surface area contributed by atoms with Crippen molar-refractivity contribution in [3.8, 4) is 0 Å². The number of ether oxygens (including phenoxy) is 1. The summed E-state index contributed by atoms with van der Waals surface area (Å²) in [4.78, 5) is 2.47. The molecule has 3 nitrogen and oxygen atoms in total. The predicted octanol–water partition coefficient (Wildman–Crippen LogP) is 5.31. The second-order valence-electron chi connectivity index (χ2n) is 6.22. The molecule has 136 valence electrons. The summed E-state index contributed by atoms with van der Waals surface area (Å²) < 4.78 is 7.59. The SMILES string of the molecule is C[C@@H](N)c1ccc(Br)cc1.C[C@H](c1ccc(Br)cc1)N1CCOCC1. The summed E-state index contributed by atoms with van der Waals surface area (Å²) in [5, 5.41) is 0. The topological polar surface area (TPSA) is 38.5 Å². The van der Waals surface area contributed by atoms with Gasteiger partial charge in [0.25, 0.3) is 0 Å². The lowest BCUT2D eigenvalue weighted by atomic mass is 10.1. The van der Waals surface area contributed by atoms with Crippen molar-refractivity contribution in [1.82, 2.24) is 4.90 Å². The molecular weight excluding hydrogens is 444 g/mol. The largest absolute Gasteiger partial charge is 0.379 e. The molecule has 0 bridgehead atoms. The van der Waals surface area contributed by atoms with Gasteiger partial charge in [0.1, 0.15) is 0 Å². The molecule has 0 amide bonds. The fraction of sp³-hybridized carbons (Fsp3) is 0.400. The van der Waals surface area contributed by atoms with Crippen LogP contribution >= 0.6 is 31.9 Å². The smallest absolute Gasteiger partial charge is 0.0594 e. The summed E-state index contributed by atoms with van der Waals surface area (Å²) in [6.07, 6.45) is 0. The molecule has 5 heteroatoms. The Balaban J connectivity index is 0.000000196. The van der Waals surface area contributed by atoms with Crippen LogP contribution in [-0.2, 0) is 4.74 Å². The number of halogens is 2. The van der Waals surface area contributed by atoms with Gasteiger partial charge in [0.15, 0.2) is 0 Å². The van der Waals surface area contributed by atoms with Crippen molar-refractivity contribution < 1.29 is 4.74 Å². The van der Waals surface area contributed by atoms with E-state index in [1.165, 1.54) is 11.1 Å². The second-order valence-corrected chi connectivity index (χ2v) is 8.05. The van der Waals surface area contributed by atoms with Crippen LogP contribution in [-0.4, -0.2) is 31.2 Å². The Morgan fingerprint density at radius 1 is 0.840 bits per heavy atom. The Kier molecular flexibility index (Phi) is 8.59. The van der Waals surface area contributed by atoms with Gasteiger partial charge in [0.05, 0.1) is 13.2 Å². The molecule has 1 aliphatic heterocycles. The van der Waals surface area contributed by atoms with Gasteiger partial charge in [0.2, 0.25) is 0 Å². The van der Waals surface area contributed by atoms with E-state index in [0.29, 0.717) is 6.04 Å². The van der Waals surface area contributed by atoms with Crippen LogP contribution in [0, 0.1) is 0 Å². The predicted molar refractivity (Wildman–Crippen MR) is 112 cm³/mol. The van der Waals surface area contributed by atoms with Crippen molar-refractivity contribution in [1.29, 1.82) is 0 Å².